The van der Waals surface area contributed by atoms with Crippen LogP contribution >= 0.6 is 0 Å². The Bertz CT molecular complexity index is 3390. The summed E-state index contributed by atoms with van der Waals surface area (Å²) in [7, 11) is 0. The molecule has 9 aromatic carbocycles. The van der Waals surface area contributed by atoms with Crippen LogP contribution in [-0.4, -0.2) is 0 Å². The number of nitrogens with zero attached hydrogens (tertiary/aromatic N) is 1. The van der Waals surface area contributed by atoms with Gasteiger partial charge in [0.15, 0.2) is 0 Å². The molecule has 0 radical (unpaired) electrons. The third-order valence-electron chi connectivity index (χ3n) is 13.9. The molecule has 0 fully saturated rings. The van der Waals surface area contributed by atoms with Gasteiger partial charge in [0.1, 0.15) is 11.2 Å². The normalized spacial score (nSPS) is 14.1. The number of benzene rings is 9. The summed E-state index contributed by atoms with van der Waals surface area (Å²) in [6.07, 6.45) is 0. The Hall–Kier alpha value is -7.42. The van der Waals surface area contributed by atoms with E-state index in [1.807, 2.05) is 0 Å². The van der Waals surface area contributed by atoms with Crippen molar-refractivity contribution in [3.05, 3.63) is 222 Å². The summed E-state index contributed by atoms with van der Waals surface area (Å²) in [6, 6.07) is 73.5. The van der Waals surface area contributed by atoms with E-state index in [4.69, 9.17) is 4.42 Å². The van der Waals surface area contributed by atoms with Gasteiger partial charge in [0.2, 0.25) is 0 Å². The molecule has 12 rings (SSSR count). The lowest BCUT2D eigenvalue weighted by Crippen LogP contribution is -2.16. The average Bonchev–Trinajstić information content (AvgIpc) is 3.87. The highest BCUT2D eigenvalue weighted by Gasteiger charge is 2.37. The molecule has 1 heterocycles. The molecule has 2 aliphatic rings. The van der Waals surface area contributed by atoms with Crippen LogP contribution < -0.4 is 4.90 Å². The monoisotopic (exact) mass is 795 g/mol. The van der Waals surface area contributed by atoms with E-state index in [2.05, 4.69) is 233 Å². The van der Waals surface area contributed by atoms with E-state index in [0.29, 0.717) is 0 Å². The molecule has 0 atom stereocenters. The predicted molar refractivity (Wildman–Crippen MR) is 260 cm³/mol. The Balaban J connectivity index is 1.04. The number of hydrogen-bond donors (Lipinski definition) is 0. The van der Waals surface area contributed by atoms with Crippen molar-refractivity contribution in [2.75, 3.05) is 4.90 Å². The van der Waals surface area contributed by atoms with E-state index < -0.39 is 0 Å². The molecule has 2 heteroatoms. The van der Waals surface area contributed by atoms with Crippen molar-refractivity contribution in [2.45, 2.75) is 38.5 Å². The van der Waals surface area contributed by atoms with Crippen molar-refractivity contribution in [1.82, 2.24) is 0 Å². The minimum atomic E-state index is -0.145. The Kier molecular flexibility index (Phi) is 7.96. The number of fused-ring (bicyclic) bond motifs is 9. The first kappa shape index (κ1) is 36.4. The van der Waals surface area contributed by atoms with Crippen LogP contribution in [0.2, 0.25) is 0 Å². The van der Waals surface area contributed by atoms with E-state index in [-0.39, 0.29) is 10.8 Å². The van der Waals surface area contributed by atoms with Crippen LogP contribution in [0.15, 0.2) is 205 Å². The maximum Gasteiger partial charge on any atom is 0.137 e. The van der Waals surface area contributed by atoms with Crippen molar-refractivity contribution in [2.24, 2.45) is 0 Å². The molecule has 2 nitrogen and oxygen atoms in total. The second-order valence-electron chi connectivity index (χ2n) is 18.1. The molecule has 1 aromatic heterocycles. The summed E-state index contributed by atoms with van der Waals surface area (Å²) in [4.78, 5) is 2.42. The van der Waals surface area contributed by atoms with Gasteiger partial charge in [-0.15, -0.1) is 0 Å². The minimum Gasteiger partial charge on any atom is -0.456 e. The third-order valence-corrected chi connectivity index (χ3v) is 13.9. The standard InChI is InChI=1S/C60H45NO/c1-59(2)53-21-13-11-19-46(53)48-31-28-43(34-55(48)59)61(44-29-32-49-52-36-51-47-20-12-14-22-54(47)60(3,4)56(51)37-58(52)62-57(49)35-44)42-27-30-45(50(33-42)40-17-9-6-10-18-40)41-25-23-39(24-26-41)38-15-7-5-8-16-38/h5-37H,1-4H3. The first-order valence-electron chi connectivity index (χ1n) is 21.7. The van der Waals surface area contributed by atoms with Crippen LogP contribution in [0, 0.1) is 0 Å². The molecule has 62 heavy (non-hydrogen) atoms. The summed E-state index contributed by atoms with van der Waals surface area (Å²) in [6.45, 7) is 9.36. The van der Waals surface area contributed by atoms with Gasteiger partial charge in [0, 0.05) is 44.7 Å². The Morgan fingerprint density at radius 3 is 1.47 bits per heavy atom. The zero-order valence-corrected chi connectivity index (χ0v) is 35.4. The van der Waals surface area contributed by atoms with E-state index >= 15 is 0 Å². The summed E-state index contributed by atoms with van der Waals surface area (Å²) in [5.74, 6) is 0. The van der Waals surface area contributed by atoms with Crippen molar-refractivity contribution < 1.29 is 4.42 Å². The molecule has 0 amide bonds. The van der Waals surface area contributed by atoms with Gasteiger partial charge >= 0.3 is 0 Å². The van der Waals surface area contributed by atoms with Gasteiger partial charge in [-0.2, -0.15) is 0 Å². The van der Waals surface area contributed by atoms with Crippen molar-refractivity contribution >= 4 is 39.0 Å². The van der Waals surface area contributed by atoms with Gasteiger partial charge in [-0.1, -0.05) is 173 Å². The number of anilines is 3. The minimum absolute atomic E-state index is 0.103. The van der Waals surface area contributed by atoms with E-state index in [1.54, 1.807) is 0 Å². The number of hydrogen-bond acceptors (Lipinski definition) is 2. The van der Waals surface area contributed by atoms with Crippen LogP contribution in [0.1, 0.15) is 49.9 Å². The van der Waals surface area contributed by atoms with E-state index in [0.717, 1.165) is 39.0 Å². The van der Waals surface area contributed by atoms with Crippen molar-refractivity contribution in [3.8, 4) is 55.6 Å². The fourth-order valence-electron chi connectivity index (χ4n) is 10.6. The van der Waals surface area contributed by atoms with Crippen molar-refractivity contribution in [3.63, 3.8) is 0 Å². The van der Waals surface area contributed by atoms with E-state index in [9.17, 15) is 0 Å². The van der Waals surface area contributed by atoms with Gasteiger partial charge < -0.3 is 9.32 Å². The quantitative estimate of drug-likeness (QED) is 0.167. The van der Waals surface area contributed by atoms with Crippen LogP contribution in [0.4, 0.5) is 17.1 Å². The van der Waals surface area contributed by atoms with Gasteiger partial charge in [-0.3, -0.25) is 0 Å². The number of furan rings is 1. The summed E-state index contributed by atoms with van der Waals surface area (Å²) < 4.78 is 6.87. The van der Waals surface area contributed by atoms with Crippen LogP contribution in [0.25, 0.3) is 77.6 Å². The first-order valence-corrected chi connectivity index (χ1v) is 21.7. The zero-order valence-electron chi connectivity index (χ0n) is 35.4. The lowest BCUT2D eigenvalue weighted by molar-refractivity contribution is 0.647. The molecule has 0 spiro atoms. The lowest BCUT2D eigenvalue weighted by Gasteiger charge is -2.29. The van der Waals surface area contributed by atoms with Crippen LogP contribution in [0.3, 0.4) is 0 Å². The third kappa shape index (κ3) is 5.49. The molecule has 0 bridgehead atoms. The lowest BCUT2D eigenvalue weighted by atomic mass is 9.82. The Morgan fingerprint density at radius 1 is 0.306 bits per heavy atom. The largest absolute Gasteiger partial charge is 0.456 e. The van der Waals surface area contributed by atoms with E-state index in [1.165, 1.54) is 77.9 Å². The molecule has 0 N–H and O–H groups in total. The highest BCUT2D eigenvalue weighted by atomic mass is 16.3. The summed E-state index contributed by atoms with van der Waals surface area (Å²) in [5, 5.41) is 2.27. The summed E-state index contributed by atoms with van der Waals surface area (Å²) in [5.41, 5.74) is 22.6. The zero-order chi connectivity index (χ0) is 41.7. The predicted octanol–water partition coefficient (Wildman–Crippen LogP) is 16.7. The molecule has 2 aliphatic carbocycles. The summed E-state index contributed by atoms with van der Waals surface area (Å²) >= 11 is 0. The molecule has 0 saturated carbocycles. The molecule has 10 aromatic rings. The topological polar surface area (TPSA) is 16.4 Å². The van der Waals surface area contributed by atoms with Gasteiger partial charge in [-0.25, -0.2) is 0 Å². The number of rotatable bonds is 6. The highest BCUT2D eigenvalue weighted by Crippen LogP contribution is 2.53. The molecular weight excluding hydrogens is 751 g/mol. The maximum atomic E-state index is 6.87. The fraction of sp³-hybridized carbons (Fsp3) is 0.100. The van der Waals surface area contributed by atoms with Gasteiger partial charge in [0.25, 0.3) is 0 Å². The molecule has 0 unspecified atom stereocenters. The molecule has 0 aliphatic heterocycles. The molecule has 0 saturated heterocycles. The maximum absolute atomic E-state index is 6.87. The smallest absolute Gasteiger partial charge is 0.137 e. The van der Waals surface area contributed by atoms with Crippen LogP contribution in [-0.2, 0) is 10.8 Å². The molecular formula is C60H45NO. The van der Waals surface area contributed by atoms with Crippen LogP contribution in [0.5, 0.6) is 0 Å². The SMILES string of the molecule is CC1(C)c2ccccc2-c2ccc(N(c3ccc(-c4ccc(-c5ccccc5)cc4)c(-c4ccccc4)c3)c3ccc4c(c3)oc3cc5c(cc34)-c3ccccc3C5(C)C)cc21. The van der Waals surface area contributed by atoms with Gasteiger partial charge in [0.05, 0.1) is 0 Å². The Labute approximate surface area is 363 Å². The van der Waals surface area contributed by atoms with Crippen molar-refractivity contribution in [1.29, 1.82) is 0 Å². The van der Waals surface area contributed by atoms with Gasteiger partial charge in [-0.05, 0) is 126 Å². The highest BCUT2D eigenvalue weighted by molar-refractivity contribution is 6.09. The fourth-order valence-corrected chi connectivity index (χ4v) is 10.6. The second kappa shape index (κ2) is 13.5. The average molecular weight is 796 g/mol. The Morgan fingerprint density at radius 2 is 0.774 bits per heavy atom. The first-order chi connectivity index (χ1) is 30.2. The second-order valence-corrected chi connectivity index (χ2v) is 18.1. The molecule has 296 valence electrons.